The molecule has 4 nitrogen and oxygen atoms in total. The molecule has 0 unspecified atom stereocenters. The van der Waals surface area contributed by atoms with Crippen LogP contribution in [0, 0.1) is 0 Å². The van der Waals surface area contributed by atoms with Crippen molar-refractivity contribution >= 4 is 0 Å². The monoisotopic (exact) mass is 238 g/mol. The average molecular weight is 238 g/mol. The largest absolute Gasteiger partial charge is 0.329 e. The molecule has 0 fully saturated rings. The van der Waals surface area contributed by atoms with Crippen molar-refractivity contribution < 1.29 is 0 Å². The van der Waals surface area contributed by atoms with Gasteiger partial charge in [-0.25, -0.2) is 0 Å². The summed E-state index contributed by atoms with van der Waals surface area (Å²) in [5, 5.41) is 4.45. The van der Waals surface area contributed by atoms with Crippen molar-refractivity contribution in [2.75, 3.05) is 13.1 Å². The molecule has 2 N–H and O–H groups in total. The Morgan fingerprint density at radius 1 is 1.35 bits per heavy atom. The van der Waals surface area contributed by atoms with Crippen LogP contribution in [0.2, 0.25) is 0 Å². The van der Waals surface area contributed by atoms with Gasteiger partial charge in [-0.05, 0) is 25.5 Å². The van der Waals surface area contributed by atoms with Gasteiger partial charge in [0.15, 0.2) is 0 Å². The first-order valence-corrected chi connectivity index (χ1v) is 6.55. The van der Waals surface area contributed by atoms with Gasteiger partial charge in [0, 0.05) is 31.9 Å². The van der Waals surface area contributed by atoms with Gasteiger partial charge in [-0.15, -0.1) is 0 Å². The van der Waals surface area contributed by atoms with Crippen molar-refractivity contribution in [1.82, 2.24) is 14.7 Å². The molecule has 1 aromatic heterocycles. The molecule has 0 atom stereocenters. The maximum atomic E-state index is 6.00. The zero-order chi connectivity index (χ0) is 12.9. The summed E-state index contributed by atoms with van der Waals surface area (Å²) in [5.41, 5.74) is 7.23. The van der Waals surface area contributed by atoms with E-state index in [0.29, 0.717) is 6.54 Å². The van der Waals surface area contributed by atoms with Gasteiger partial charge in [-0.1, -0.05) is 20.8 Å². The smallest absolute Gasteiger partial charge is 0.0764 e. The summed E-state index contributed by atoms with van der Waals surface area (Å²) in [4.78, 5) is 2.45. The van der Waals surface area contributed by atoms with Crippen LogP contribution in [0.1, 0.15) is 39.3 Å². The van der Waals surface area contributed by atoms with Crippen molar-refractivity contribution in [3.05, 3.63) is 18.0 Å². The Hall–Kier alpha value is -0.870. The van der Waals surface area contributed by atoms with Gasteiger partial charge in [0.25, 0.3) is 0 Å². The maximum absolute atomic E-state index is 6.00. The van der Waals surface area contributed by atoms with Crippen molar-refractivity contribution in [2.45, 2.75) is 45.7 Å². The van der Waals surface area contributed by atoms with Crippen LogP contribution >= 0.6 is 0 Å². The minimum atomic E-state index is 0.117. The second kappa shape index (κ2) is 6.17. The molecular formula is C13H26N4. The summed E-state index contributed by atoms with van der Waals surface area (Å²) in [6.45, 7) is 9.24. The molecule has 1 aromatic rings. The molecule has 0 saturated heterocycles. The Labute approximate surface area is 105 Å². The van der Waals surface area contributed by atoms with Gasteiger partial charge < -0.3 is 5.73 Å². The lowest BCUT2D eigenvalue weighted by molar-refractivity contribution is 0.0813. The molecule has 0 bridgehead atoms. The molecule has 0 aliphatic rings. The fourth-order valence-corrected chi connectivity index (χ4v) is 2.47. The van der Waals surface area contributed by atoms with E-state index >= 15 is 0 Å². The Morgan fingerprint density at radius 2 is 2.00 bits per heavy atom. The lowest BCUT2D eigenvalue weighted by Gasteiger charge is -2.41. The van der Waals surface area contributed by atoms with E-state index in [1.807, 2.05) is 17.9 Å². The van der Waals surface area contributed by atoms with Crippen molar-refractivity contribution in [1.29, 1.82) is 0 Å². The number of nitrogens with zero attached hydrogens (tertiary/aromatic N) is 3. The number of hydrogen-bond acceptors (Lipinski definition) is 3. The van der Waals surface area contributed by atoms with E-state index in [1.165, 1.54) is 0 Å². The highest BCUT2D eigenvalue weighted by Gasteiger charge is 2.31. The first-order valence-electron chi connectivity index (χ1n) is 6.55. The molecule has 17 heavy (non-hydrogen) atoms. The van der Waals surface area contributed by atoms with Crippen molar-refractivity contribution in [3.63, 3.8) is 0 Å². The second-order valence-corrected chi connectivity index (χ2v) is 4.63. The van der Waals surface area contributed by atoms with Crippen molar-refractivity contribution in [2.24, 2.45) is 12.8 Å². The number of aryl methyl sites for hydroxylation is 1. The number of rotatable bonds is 7. The molecule has 0 saturated carbocycles. The van der Waals surface area contributed by atoms with Crippen LogP contribution in [0.4, 0.5) is 0 Å². The van der Waals surface area contributed by atoms with Crippen LogP contribution in [-0.2, 0) is 13.6 Å². The summed E-state index contributed by atoms with van der Waals surface area (Å²) in [6.07, 6.45) is 4.16. The Balaban J connectivity index is 2.82. The number of aromatic nitrogens is 2. The van der Waals surface area contributed by atoms with E-state index in [-0.39, 0.29) is 5.54 Å². The highest BCUT2D eigenvalue weighted by Crippen LogP contribution is 2.24. The van der Waals surface area contributed by atoms with Crippen LogP contribution in [0.3, 0.4) is 0 Å². The van der Waals surface area contributed by atoms with Crippen LogP contribution < -0.4 is 5.73 Å². The number of nitrogens with two attached hydrogens (primary N) is 1. The van der Waals surface area contributed by atoms with Crippen LogP contribution in [0.5, 0.6) is 0 Å². The first-order chi connectivity index (χ1) is 8.11. The number of likely N-dealkylation sites (N-methyl/N-ethyl adjacent to an activating group) is 1. The summed E-state index contributed by atoms with van der Waals surface area (Å²) in [5.74, 6) is 0. The molecule has 1 heterocycles. The SMILES string of the molecule is CCN(Cc1ccn(C)n1)C(CC)(CC)CN. The lowest BCUT2D eigenvalue weighted by atomic mass is 9.90. The second-order valence-electron chi connectivity index (χ2n) is 4.63. The summed E-state index contributed by atoms with van der Waals surface area (Å²) in [6, 6.07) is 2.08. The van der Waals surface area contributed by atoms with Crippen LogP contribution in [0.15, 0.2) is 12.3 Å². The normalized spacial score (nSPS) is 12.4. The summed E-state index contributed by atoms with van der Waals surface area (Å²) in [7, 11) is 1.95. The van der Waals surface area contributed by atoms with Crippen LogP contribution in [0.25, 0.3) is 0 Å². The van der Waals surface area contributed by atoms with E-state index in [9.17, 15) is 0 Å². The van der Waals surface area contributed by atoms with Gasteiger partial charge in [-0.3, -0.25) is 9.58 Å². The molecule has 0 radical (unpaired) electrons. The third-order valence-electron chi connectivity index (χ3n) is 3.87. The van der Waals surface area contributed by atoms with E-state index in [4.69, 9.17) is 5.73 Å². The van der Waals surface area contributed by atoms with Gasteiger partial charge in [0.1, 0.15) is 0 Å². The zero-order valence-electron chi connectivity index (χ0n) is 11.6. The predicted octanol–water partition coefficient (Wildman–Crippen LogP) is 1.76. The Morgan fingerprint density at radius 3 is 2.35 bits per heavy atom. The Bertz CT molecular complexity index is 320. The maximum Gasteiger partial charge on any atom is 0.0764 e. The standard InChI is InChI=1S/C13H26N4/c1-5-13(6-2,11-14)17(7-3)10-12-8-9-16(4)15-12/h8-9H,5-7,10-11,14H2,1-4H3. The fraction of sp³-hybridized carbons (Fsp3) is 0.769. The molecule has 0 amide bonds. The molecule has 98 valence electrons. The summed E-state index contributed by atoms with van der Waals surface area (Å²) < 4.78 is 1.85. The predicted molar refractivity (Wildman–Crippen MR) is 71.7 cm³/mol. The van der Waals surface area contributed by atoms with Crippen molar-refractivity contribution in [3.8, 4) is 0 Å². The minimum absolute atomic E-state index is 0.117. The molecule has 4 heteroatoms. The summed E-state index contributed by atoms with van der Waals surface area (Å²) >= 11 is 0. The van der Waals surface area contributed by atoms with Gasteiger partial charge in [0.2, 0.25) is 0 Å². The molecule has 0 aliphatic heterocycles. The van der Waals surface area contributed by atoms with Gasteiger partial charge in [0.05, 0.1) is 5.69 Å². The highest BCUT2D eigenvalue weighted by atomic mass is 15.3. The van der Waals surface area contributed by atoms with E-state index in [1.54, 1.807) is 0 Å². The molecule has 0 aliphatic carbocycles. The van der Waals surface area contributed by atoms with Crippen LogP contribution in [-0.4, -0.2) is 33.3 Å². The lowest BCUT2D eigenvalue weighted by Crippen LogP contribution is -2.52. The number of hydrogen-bond donors (Lipinski definition) is 1. The average Bonchev–Trinajstić information content (AvgIpc) is 2.76. The highest BCUT2D eigenvalue weighted by molar-refractivity contribution is 5.01. The quantitative estimate of drug-likeness (QED) is 0.787. The molecular weight excluding hydrogens is 212 g/mol. The third-order valence-corrected chi connectivity index (χ3v) is 3.87. The zero-order valence-corrected chi connectivity index (χ0v) is 11.6. The van der Waals surface area contributed by atoms with E-state index in [2.05, 4.69) is 36.8 Å². The first kappa shape index (κ1) is 14.2. The van der Waals surface area contributed by atoms with Gasteiger partial charge >= 0.3 is 0 Å². The molecule has 1 rings (SSSR count). The van der Waals surface area contributed by atoms with E-state index < -0.39 is 0 Å². The third kappa shape index (κ3) is 3.07. The van der Waals surface area contributed by atoms with Gasteiger partial charge in [-0.2, -0.15) is 5.10 Å². The molecule has 0 spiro atoms. The minimum Gasteiger partial charge on any atom is -0.329 e. The Kier molecular flexibility index (Phi) is 5.15. The topological polar surface area (TPSA) is 47.1 Å². The molecule has 0 aromatic carbocycles. The van der Waals surface area contributed by atoms with E-state index in [0.717, 1.165) is 31.6 Å². The fourth-order valence-electron chi connectivity index (χ4n) is 2.47.